The Bertz CT molecular complexity index is 471. The predicted octanol–water partition coefficient (Wildman–Crippen LogP) is 1.11. The molecule has 16 heavy (non-hydrogen) atoms. The van der Waals surface area contributed by atoms with E-state index in [0.717, 1.165) is 9.13 Å². The molecular weight excluding hydrogens is 341 g/mol. The van der Waals surface area contributed by atoms with Gasteiger partial charge in [-0.1, -0.05) is 12.1 Å². The van der Waals surface area contributed by atoms with E-state index in [1.54, 1.807) is 6.07 Å². The minimum atomic E-state index is -3.45. The van der Waals surface area contributed by atoms with Gasteiger partial charge in [0.25, 0.3) is 10.1 Å². The Morgan fingerprint density at radius 3 is 2.75 bits per heavy atom. The van der Waals surface area contributed by atoms with Gasteiger partial charge in [0.1, 0.15) is 11.9 Å². The first-order chi connectivity index (χ1) is 7.55. The normalized spacial score (nSPS) is 17.1. The first-order valence-corrected chi connectivity index (χ1v) is 7.57. The van der Waals surface area contributed by atoms with Crippen molar-refractivity contribution in [3.63, 3.8) is 0 Å². The summed E-state index contributed by atoms with van der Waals surface area (Å²) >= 11 is 2.16. The Hall–Kier alpha value is -0.180. The maximum absolute atomic E-state index is 11.7. The number of benzene rings is 1. The molecule has 0 spiro atoms. The maximum atomic E-state index is 11.7. The van der Waals surface area contributed by atoms with Gasteiger partial charge in [-0.05, 0) is 40.3 Å². The first kappa shape index (κ1) is 12.3. The van der Waals surface area contributed by atoms with Gasteiger partial charge in [0.2, 0.25) is 0 Å². The van der Waals surface area contributed by atoms with Crippen LogP contribution >= 0.6 is 22.6 Å². The lowest BCUT2D eigenvalue weighted by atomic mass is 10.2. The quantitative estimate of drug-likeness (QED) is 0.651. The van der Waals surface area contributed by atoms with E-state index in [-0.39, 0.29) is 11.9 Å². The third kappa shape index (κ3) is 3.41. The van der Waals surface area contributed by atoms with E-state index in [1.165, 1.54) is 0 Å². The molecule has 0 saturated carbocycles. The summed E-state index contributed by atoms with van der Waals surface area (Å²) in [4.78, 5) is 0. The van der Waals surface area contributed by atoms with E-state index in [9.17, 15) is 8.42 Å². The maximum Gasteiger partial charge on any atom is 0.271 e. The topological polar surface area (TPSA) is 55.4 Å². The molecule has 1 heterocycles. The van der Waals surface area contributed by atoms with Crippen molar-refractivity contribution in [3.05, 3.63) is 33.4 Å². The molecule has 1 aliphatic rings. The fourth-order valence-electron chi connectivity index (χ4n) is 1.40. The van der Waals surface area contributed by atoms with Crippen molar-refractivity contribution in [3.8, 4) is 0 Å². The Balaban J connectivity index is 2.02. The predicted molar refractivity (Wildman–Crippen MR) is 69.5 cm³/mol. The molecule has 0 unspecified atom stereocenters. The molecule has 1 N–H and O–H groups in total. The summed E-state index contributed by atoms with van der Waals surface area (Å²) in [5, 5.41) is 2.97. The number of rotatable bonds is 4. The van der Waals surface area contributed by atoms with Crippen LogP contribution < -0.4 is 5.32 Å². The van der Waals surface area contributed by atoms with Crippen molar-refractivity contribution >= 4 is 32.7 Å². The molecular formula is C10H12INO3S. The van der Waals surface area contributed by atoms with Gasteiger partial charge < -0.3 is 5.32 Å². The minimum Gasteiger partial charge on any atom is -0.311 e. The van der Waals surface area contributed by atoms with Crippen LogP contribution in [-0.4, -0.2) is 27.6 Å². The standard InChI is InChI=1S/C10H12INO3S/c11-9-3-1-2-8(4-9)7-16(13,14)15-10-5-12-6-10/h1-4,10,12H,5-7H2. The van der Waals surface area contributed by atoms with Gasteiger partial charge in [0.15, 0.2) is 0 Å². The average molecular weight is 353 g/mol. The molecule has 1 saturated heterocycles. The van der Waals surface area contributed by atoms with Gasteiger partial charge in [-0.15, -0.1) is 0 Å². The van der Waals surface area contributed by atoms with Crippen LogP contribution in [-0.2, 0) is 20.1 Å². The summed E-state index contributed by atoms with van der Waals surface area (Å²) in [6, 6.07) is 7.41. The molecule has 4 nitrogen and oxygen atoms in total. The van der Waals surface area contributed by atoms with Gasteiger partial charge in [-0.3, -0.25) is 4.18 Å². The van der Waals surface area contributed by atoms with E-state index >= 15 is 0 Å². The molecule has 2 rings (SSSR count). The number of hydrogen-bond donors (Lipinski definition) is 1. The van der Waals surface area contributed by atoms with Crippen LogP contribution in [0.2, 0.25) is 0 Å². The highest BCUT2D eigenvalue weighted by molar-refractivity contribution is 14.1. The zero-order chi connectivity index (χ0) is 11.6. The van der Waals surface area contributed by atoms with Crippen LogP contribution in [0, 0.1) is 3.57 Å². The fraction of sp³-hybridized carbons (Fsp3) is 0.400. The SMILES string of the molecule is O=S(=O)(Cc1cccc(I)c1)OC1CNC1. The summed E-state index contributed by atoms with van der Waals surface area (Å²) in [5.41, 5.74) is 0.763. The Kier molecular flexibility index (Phi) is 3.83. The lowest BCUT2D eigenvalue weighted by Crippen LogP contribution is -2.49. The summed E-state index contributed by atoms with van der Waals surface area (Å²) in [5.74, 6) is -0.0552. The van der Waals surface area contributed by atoms with Crippen LogP contribution in [0.15, 0.2) is 24.3 Å². The molecule has 1 aromatic rings. The van der Waals surface area contributed by atoms with E-state index in [1.807, 2.05) is 18.2 Å². The second kappa shape index (κ2) is 4.99. The van der Waals surface area contributed by atoms with Crippen LogP contribution in [0.5, 0.6) is 0 Å². The molecule has 0 bridgehead atoms. The average Bonchev–Trinajstić information content (AvgIpc) is 2.11. The van der Waals surface area contributed by atoms with Crippen LogP contribution in [0.3, 0.4) is 0 Å². The first-order valence-electron chi connectivity index (χ1n) is 4.91. The van der Waals surface area contributed by atoms with Gasteiger partial charge in [-0.2, -0.15) is 8.42 Å². The summed E-state index contributed by atoms with van der Waals surface area (Å²) in [7, 11) is -3.45. The fourth-order valence-corrected chi connectivity index (χ4v) is 3.22. The lowest BCUT2D eigenvalue weighted by Gasteiger charge is -2.26. The molecule has 0 aliphatic carbocycles. The highest BCUT2D eigenvalue weighted by Crippen LogP contribution is 2.14. The van der Waals surface area contributed by atoms with Crippen molar-refractivity contribution in [1.29, 1.82) is 0 Å². The second-order valence-electron chi connectivity index (χ2n) is 3.71. The molecule has 1 fully saturated rings. The van der Waals surface area contributed by atoms with Gasteiger partial charge in [-0.25, -0.2) is 0 Å². The van der Waals surface area contributed by atoms with E-state index in [0.29, 0.717) is 13.1 Å². The van der Waals surface area contributed by atoms with E-state index < -0.39 is 10.1 Å². The molecule has 0 radical (unpaired) electrons. The van der Waals surface area contributed by atoms with Gasteiger partial charge >= 0.3 is 0 Å². The third-order valence-corrected chi connectivity index (χ3v) is 4.18. The summed E-state index contributed by atoms with van der Waals surface area (Å²) in [6.45, 7) is 1.23. The Labute approximate surface area is 109 Å². The highest BCUT2D eigenvalue weighted by atomic mass is 127. The lowest BCUT2D eigenvalue weighted by molar-refractivity contribution is 0.149. The second-order valence-corrected chi connectivity index (χ2v) is 6.55. The largest absolute Gasteiger partial charge is 0.311 e. The van der Waals surface area contributed by atoms with E-state index in [4.69, 9.17) is 4.18 Å². The van der Waals surface area contributed by atoms with E-state index in [2.05, 4.69) is 27.9 Å². The zero-order valence-corrected chi connectivity index (χ0v) is 11.5. The van der Waals surface area contributed by atoms with Crippen LogP contribution in [0.1, 0.15) is 5.56 Å². The molecule has 1 aliphatic heterocycles. The number of nitrogens with one attached hydrogen (secondary N) is 1. The molecule has 1 aromatic carbocycles. The van der Waals surface area contributed by atoms with Crippen molar-refractivity contribution in [2.75, 3.05) is 13.1 Å². The molecule has 6 heteroatoms. The van der Waals surface area contributed by atoms with Gasteiger partial charge in [0.05, 0.1) is 0 Å². The van der Waals surface area contributed by atoms with Crippen LogP contribution in [0.25, 0.3) is 0 Å². The molecule has 0 amide bonds. The van der Waals surface area contributed by atoms with Crippen molar-refractivity contribution < 1.29 is 12.6 Å². The summed E-state index contributed by atoms with van der Waals surface area (Å²) in [6.07, 6.45) is -0.187. The molecule has 0 atom stereocenters. The Morgan fingerprint density at radius 1 is 1.44 bits per heavy atom. The Morgan fingerprint density at radius 2 is 2.19 bits per heavy atom. The molecule has 88 valence electrons. The smallest absolute Gasteiger partial charge is 0.271 e. The molecule has 0 aromatic heterocycles. The highest BCUT2D eigenvalue weighted by Gasteiger charge is 2.24. The zero-order valence-electron chi connectivity index (χ0n) is 8.52. The van der Waals surface area contributed by atoms with Crippen molar-refractivity contribution in [2.45, 2.75) is 11.9 Å². The summed E-state index contributed by atoms with van der Waals surface area (Å²) < 4.78 is 29.4. The third-order valence-electron chi connectivity index (χ3n) is 2.26. The number of hydrogen-bond acceptors (Lipinski definition) is 4. The number of halogens is 1. The van der Waals surface area contributed by atoms with Crippen molar-refractivity contribution in [2.24, 2.45) is 0 Å². The van der Waals surface area contributed by atoms with Gasteiger partial charge in [0, 0.05) is 16.7 Å². The monoisotopic (exact) mass is 353 g/mol. The van der Waals surface area contributed by atoms with Crippen LogP contribution in [0.4, 0.5) is 0 Å². The minimum absolute atomic E-state index is 0.0552. The van der Waals surface area contributed by atoms with Crippen molar-refractivity contribution in [1.82, 2.24) is 5.32 Å².